The van der Waals surface area contributed by atoms with Gasteiger partial charge in [-0.1, -0.05) is 17.3 Å². The van der Waals surface area contributed by atoms with Crippen molar-refractivity contribution < 1.29 is 29.2 Å². The molecule has 146 valence electrons. The second-order valence-electron chi connectivity index (χ2n) is 6.00. The first-order chi connectivity index (χ1) is 13.5. The molecule has 0 saturated heterocycles. The zero-order valence-corrected chi connectivity index (χ0v) is 14.6. The van der Waals surface area contributed by atoms with E-state index >= 15 is 0 Å². The Balaban J connectivity index is 1.79. The number of carbonyl (C=O) groups excluding carboxylic acids is 1. The topological polar surface area (TPSA) is 186 Å². The van der Waals surface area contributed by atoms with E-state index in [1.807, 2.05) is 0 Å². The van der Waals surface area contributed by atoms with E-state index in [1.165, 1.54) is 6.07 Å². The van der Waals surface area contributed by atoms with Gasteiger partial charge in [-0.25, -0.2) is 4.79 Å². The first-order valence-electron chi connectivity index (χ1n) is 8.38. The minimum atomic E-state index is -1.37. The standard InChI is InChI=1S/C15H17BN6O6/c17-4-5-27-20-12(14-18-21-22-19-14)11(23)7-9-6-8-2-1-3-10(15(24)25)13(8)28-16(9)26/h1-3,9,26H,4-7,17H2,(H,24,25)(H,18,19,21,22)/t9-/m1/s1. The maximum atomic E-state index is 12.7. The van der Waals surface area contributed by atoms with Crippen LogP contribution in [0.25, 0.3) is 0 Å². The lowest BCUT2D eigenvalue weighted by Gasteiger charge is -2.27. The zero-order chi connectivity index (χ0) is 20.1. The molecule has 1 aromatic carbocycles. The number of aromatic nitrogens is 4. The summed E-state index contributed by atoms with van der Waals surface area (Å²) in [6, 6.07) is 4.65. The van der Waals surface area contributed by atoms with Crippen LogP contribution in [0, 0.1) is 0 Å². The van der Waals surface area contributed by atoms with Crippen molar-refractivity contribution in [3.63, 3.8) is 0 Å². The number of aromatic carboxylic acids is 1. The van der Waals surface area contributed by atoms with E-state index in [-0.39, 0.29) is 48.8 Å². The number of benzene rings is 1. The highest BCUT2D eigenvalue weighted by atomic mass is 16.6. The van der Waals surface area contributed by atoms with Gasteiger partial charge in [-0.15, -0.1) is 10.2 Å². The lowest BCUT2D eigenvalue weighted by Crippen LogP contribution is -2.37. The molecule has 3 rings (SSSR count). The summed E-state index contributed by atoms with van der Waals surface area (Å²) >= 11 is 0. The van der Waals surface area contributed by atoms with Gasteiger partial charge in [0.15, 0.2) is 11.5 Å². The zero-order valence-electron chi connectivity index (χ0n) is 14.6. The Hall–Kier alpha value is -3.32. The van der Waals surface area contributed by atoms with Crippen LogP contribution in [0.5, 0.6) is 5.75 Å². The van der Waals surface area contributed by atoms with E-state index in [0.717, 1.165) is 0 Å². The smallest absolute Gasteiger partial charge is 0.526 e. The Morgan fingerprint density at radius 3 is 2.96 bits per heavy atom. The van der Waals surface area contributed by atoms with Crippen molar-refractivity contribution in [2.45, 2.75) is 18.7 Å². The molecule has 0 unspecified atom stereocenters. The lowest BCUT2D eigenvalue weighted by atomic mass is 9.64. The fraction of sp³-hybridized carbons (Fsp3) is 0.333. The van der Waals surface area contributed by atoms with Crippen LogP contribution in [0.1, 0.15) is 28.2 Å². The van der Waals surface area contributed by atoms with Crippen LogP contribution >= 0.6 is 0 Å². The molecule has 1 aromatic heterocycles. The third-order valence-corrected chi connectivity index (χ3v) is 4.08. The average Bonchev–Trinajstić information content (AvgIpc) is 3.19. The minimum Gasteiger partial charge on any atom is -0.535 e. The van der Waals surface area contributed by atoms with Crippen LogP contribution in [0.4, 0.5) is 0 Å². The predicted octanol–water partition coefficient (Wildman–Crippen LogP) is -0.978. The van der Waals surface area contributed by atoms with Crippen LogP contribution in [0.2, 0.25) is 5.82 Å². The van der Waals surface area contributed by atoms with Gasteiger partial charge in [0.2, 0.25) is 5.82 Å². The van der Waals surface area contributed by atoms with Gasteiger partial charge >= 0.3 is 13.1 Å². The lowest BCUT2D eigenvalue weighted by molar-refractivity contribution is -0.113. The number of nitrogens with zero attached hydrogens (tertiary/aromatic N) is 4. The number of hydrogen-bond donors (Lipinski definition) is 4. The first-order valence-corrected chi connectivity index (χ1v) is 8.38. The van der Waals surface area contributed by atoms with Crippen molar-refractivity contribution in [1.29, 1.82) is 0 Å². The van der Waals surface area contributed by atoms with E-state index in [4.69, 9.17) is 15.2 Å². The summed E-state index contributed by atoms with van der Waals surface area (Å²) in [6.45, 7) is 0.296. The fourth-order valence-electron chi connectivity index (χ4n) is 2.80. The highest BCUT2D eigenvalue weighted by molar-refractivity contribution is 6.50. The number of fused-ring (bicyclic) bond motifs is 1. The van der Waals surface area contributed by atoms with E-state index in [1.54, 1.807) is 12.1 Å². The van der Waals surface area contributed by atoms with E-state index < -0.39 is 24.7 Å². The third-order valence-electron chi connectivity index (χ3n) is 4.08. The van der Waals surface area contributed by atoms with Crippen LogP contribution in [0.3, 0.4) is 0 Å². The summed E-state index contributed by atoms with van der Waals surface area (Å²) in [7, 11) is -1.37. The molecule has 28 heavy (non-hydrogen) atoms. The van der Waals surface area contributed by atoms with Crippen molar-refractivity contribution in [1.82, 2.24) is 20.6 Å². The number of nitrogens with one attached hydrogen (secondary N) is 1. The van der Waals surface area contributed by atoms with Gasteiger partial charge in [-0.3, -0.25) is 4.79 Å². The van der Waals surface area contributed by atoms with E-state index in [9.17, 15) is 19.7 Å². The molecule has 0 amide bonds. The van der Waals surface area contributed by atoms with Crippen molar-refractivity contribution in [3.8, 4) is 5.75 Å². The second-order valence-corrected chi connectivity index (χ2v) is 6.00. The summed E-state index contributed by atoms with van der Waals surface area (Å²) in [4.78, 5) is 29.0. The first kappa shape index (κ1) is 19.4. The molecule has 2 aromatic rings. The molecule has 0 spiro atoms. The number of H-pyrrole nitrogens is 1. The Morgan fingerprint density at radius 1 is 1.46 bits per heavy atom. The van der Waals surface area contributed by atoms with Crippen LogP contribution in [-0.4, -0.2) is 68.5 Å². The Bertz CT molecular complexity index is 889. The Kier molecular flexibility index (Phi) is 5.96. The van der Waals surface area contributed by atoms with Gasteiger partial charge in [0.25, 0.3) is 0 Å². The molecule has 0 saturated carbocycles. The summed E-state index contributed by atoms with van der Waals surface area (Å²) in [5, 5.41) is 36.3. The number of hydrogen-bond acceptors (Lipinski definition) is 10. The molecule has 1 atom stereocenters. The number of aromatic amines is 1. The van der Waals surface area contributed by atoms with Crippen LogP contribution in [0.15, 0.2) is 23.4 Å². The van der Waals surface area contributed by atoms with Crippen LogP contribution < -0.4 is 10.4 Å². The number of para-hydroxylation sites is 1. The molecule has 0 fully saturated rings. The molecule has 0 bridgehead atoms. The van der Waals surface area contributed by atoms with Crippen molar-refractivity contribution in [2.24, 2.45) is 10.9 Å². The van der Waals surface area contributed by atoms with Gasteiger partial charge in [0, 0.05) is 18.8 Å². The number of oxime groups is 1. The molecule has 0 radical (unpaired) electrons. The van der Waals surface area contributed by atoms with Gasteiger partial charge in [-0.05, 0) is 23.3 Å². The minimum absolute atomic E-state index is 0.0504. The van der Waals surface area contributed by atoms with E-state index in [2.05, 4.69) is 25.8 Å². The summed E-state index contributed by atoms with van der Waals surface area (Å²) < 4.78 is 5.39. The van der Waals surface area contributed by atoms with Gasteiger partial charge in [0.1, 0.15) is 12.4 Å². The number of carboxylic acids is 1. The van der Waals surface area contributed by atoms with Gasteiger partial charge in [-0.2, -0.15) is 5.21 Å². The Morgan fingerprint density at radius 2 is 2.29 bits per heavy atom. The predicted molar refractivity (Wildman–Crippen MR) is 94.8 cm³/mol. The number of nitrogens with two attached hydrogens (primary N) is 1. The molecule has 2 heterocycles. The van der Waals surface area contributed by atoms with Gasteiger partial charge < -0.3 is 25.4 Å². The van der Waals surface area contributed by atoms with Crippen molar-refractivity contribution in [3.05, 3.63) is 35.2 Å². The normalized spacial score (nSPS) is 16.3. The maximum absolute atomic E-state index is 12.7. The highest BCUT2D eigenvalue weighted by Crippen LogP contribution is 2.36. The van der Waals surface area contributed by atoms with Crippen molar-refractivity contribution in [2.75, 3.05) is 13.2 Å². The second kappa shape index (κ2) is 8.58. The SMILES string of the molecule is NCCON=C(C(=O)C[C@H]1Cc2cccc(C(=O)O)c2OB1O)c1nn[nH]n1. The monoisotopic (exact) mass is 388 g/mol. The molecule has 13 heteroatoms. The molecule has 1 aliphatic rings. The molecule has 12 nitrogen and oxygen atoms in total. The van der Waals surface area contributed by atoms with E-state index in [0.29, 0.717) is 5.56 Å². The number of tetrazole rings is 1. The largest absolute Gasteiger partial charge is 0.535 e. The third kappa shape index (κ3) is 4.15. The molecule has 1 aliphatic heterocycles. The number of Topliss-reactive ketones (excluding diaryl/α,β-unsaturated/α-hetero) is 1. The highest BCUT2D eigenvalue weighted by Gasteiger charge is 2.39. The summed E-state index contributed by atoms with van der Waals surface area (Å²) in [6.07, 6.45) is 0.0871. The maximum Gasteiger partial charge on any atom is 0.526 e. The fourth-order valence-corrected chi connectivity index (χ4v) is 2.80. The summed E-state index contributed by atoms with van der Waals surface area (Å²) in [5.74, 6) is -2.24. The molecule has 0 aliphatic carbocycles. The molecular weight excluding hydrogens is 371 g/mol. The number of ketones is 1. The van der Waals surface area contributed by atoms with Crippen LogP contribution in [-0.2, 0) is 16.1 Å². The number of rotatable bonds is 8. The van der Waals surface area contributed by atoms with Gasteiger partial charge in [0.05, 0.1) is 5.56 Å². The molecular formula is C15H17BN6O6. The number of carbonyl (C=O) groups is 2. The van der Waals surface area contributed by atoms with Crippen molar-refractivity contribution >= 4 is 24.6 Å². The molecule has 5 N–H and O–H groups in total. The summed E-state index contributed by atoms with van der Waals surface area (Å²) in [5.41, 5.74) is 5.70. The quantitative estimate of drug-likeness (QED) is 0.190. The Labute approximate surface area is 158 Å². The number of carboxylic acid groups (broad SMARTS) is 1. The average molecular weight is 388 g/mol.